The summed E-state index contributed by atoms with van der Waals surface area (Å²) in [4.78, 5) is 15.9. The molecular weight excluding hydrogens is 288 g/mol. The summed E-state index contributed by atoms with van der Waals surface area (Å²) in [5.74, 6) is -0.104. The lowest BCUT2D eigenvalue weighted by Gasteiger charge is -2.05. The maximum Gasteiger partial charge on any atom is 0.256 e. The Bertz CT molecular complexity index is 524. The van der Waals surface area contributed by atoms with Crippen LogP contribution in [-0.2, 0) is 0 Å². The lowest BCUT2D eigenvalue weighted by atomic mass is 10.2. The molecule has 5 heteroatoms. The Kier molecular flexibility index (Phi) is 3.36. The van der Waals surface area contributed by atoms with Crippen molar-refractivity contribution in [3.05, 3.63) is 44.8 Å². The van der Waals surface area contributed by atoms with Gasteiger partial charge < -0.3 is 5.32 Å². The molecule has 82 valence electrons. The molecule has 16 heavy (non-hydrogen) atoms. The van der Waals surface area contributed by atoms with Gasteiger partial charge in [-0.1, -0.05) is 0 Å². The van der Waals surface area contributed by atoms with E-state index < -0.39 is 0 Å². The highest BCUT2D eigenvalue weighted by Crippen LogP contribution is 2.21. The minimum Gasteiger partial charge on any atom is -0.320 e. The van der Waals surface area contributed by atoms with Crippen molar-refractivity contribution in [2.75, 3.05) is 5.32 Å². The van der Waals surface area contributed by atoms with E-state index in [0.717, 1.165) is 5.56 Å². The second-order valence-corrected chi connectivity index (χ2v) is 4.76. The van der Waals surface area contributed by atoms with E-state index in [9.17, 15) is 4.79 Å². The molecule has 3 nitrogen and oxygen atoms in total. The van der Waals surface area contributed by atoms with Crippen LogP contribution in [0.15, 0.2) is 33.7 Å². The smallest absolute Gasteiger partial charge is 0.256 e. The quantitative estimate of drug-likeness (QED) is 0.862. The van der Waals surface area contributed by atoms with Gasteiger partial charge >= 0.3 is 0 Å². The van der Waals surface area contributed by atoms with Gasteiger partial charge in [0.1, 0.15) is 4.60 Å². The van der Waals surface area contributed by atoms with Crippen LogP contribution < -0.4 is 5.32 Å². The Morgan fingerprint density at radius 1 is 1.50 bits per heavy atom. The van der Waals surface area contributed by atoms with Crippen LogP contribution in [0.2, 0.25) is 0 Å². The fraction of sp³-hybridized carbons (Fsp3) is 0.0909. The number of thiophene rings is 1. The Morgan fingerprint density at radius 3 is 2.94 bits per heavy atom. The van der Waals surface area contributed by atoms with Crippen LogP contribution in [0.25, 0.3) is 0 Å². The Hall–Kier alpha value is -1.20. The number of carbonyl (C=O) groups is 1. The first-order valence-electron chi connectivity index (χ1n) is 4.63. The zero-order valence-corrected chi connectivity index (χ0v) is 10.9. The van der Waals surface area contributed by atoms with Crippen molar-refractivity contribution >= 4 is 38.9 Å². The number of nitrogens with one attached hydrogen (secondary N) is 1. The van der Waals surface area contributed by atoms with Gasteiger partial charge in [0, 0.05) is 11.6 Å². The molecule has 1 N–H and O–H groups in total. The highest BCUT2D eigenvalue weighted by Gasteiger charge is 2.11. The van der Waals surface area contributed by atoms with Crippen LogP contribution in [0.1, 0.15) is 15.9 Å². The summed E-state index contributed by atoms with van der Waals surface area (Å²) in [7, 11) is 0. The van der Waals surface area contributed by atoms with Crippen molar-refractivity contribution in [1.29, 1.82) is 0 Å². The molecule has 2 aromatic heterocycles. The van der Waals surface area contributed by atoms with Crippen molar-refractivity contribution in [3.63, 3.8) is 0 Å². The zero-order chi connectivity index (χ0) is 11.5. The second kappa shape index (κ2) is 4.76. The highest BCUT2D eigenvalue weighted by atomic mass is 79.9. The minimum absolute atomic E-state index is 0.104. The SMILES string of the molecule is Cc1cscc1C(=O)Nc1cccnc1Br. The Balaban J connectivity index is 2.21. The molecule has 0 saturated carbocycles. The molecule has 1 amide bonds. The van der Waals surface area contributed by atoms with Crippen LogP contribution >= 0.6 is 27.3 Å². The molecule has 0 aromatic carbocycles. The topological polar surface area (TPSA) is 42.0 Å². The summed E-state index contributed by atoms with van der Waals surface area (Å²) in [5.41, 5.74) is 2.38. The van der Waals surface area contributed by atoms with Crippen molar-refractivity contribution in [2.24, 2.45) is 0 Å². The largest absolute Gasteiger partial charge is 0.320 e. The van der Waals surface area contributed by atoms with Gasteiger partial charge in [0.15, 0.2) is 0 Å². The first-order chi connectivity index (χ1) is 7.68. The van der Waals surface area contributed by atoms with E-state index in [-0.39, 0.29) is 5.91 Å². The van der Waals surface area contributed by atoms with E-state index >= 15 is 0 Å². The van der Waals surface area contributed by atoms with E-state index in [1.807, 2.05) is 17.7 Å². The van der Waals surface area contributed by atoms with Crippen LogP contribution in [0.3, 0.4) is 0 Å². The van der Waals surface area contributed by atoms with Gasteiger partial charge in [-0.25, -0.2) is 4.98 Å². The predicted molar refractivity (Wildman–Crippen MR) is 68.9 cm³/mol. The molecule has 0 radical (unpaired) electrons. The van der Waals surface area contributed by atoms with Gasteiger partial charge in [-0.15, -0.1) is 0 Å². The molecule has 0 atom stereocenters. The number of hydrogen-bond acceptors (Lipinski definition) is 3. The number of carbonyl (C=O) groups excluding carboxylic acids is 1. The average molecular weight is 297 g/mol. The van der Waals surface area contributed by atoms with E-state index in [1.165, 1.54) is 11.3 Å². The van der Waals surface area contributed by atoms with Crippen molar-refractivity contribution in [2.45, 2.75) is 6.92 Å². The molecule has 0 bridgehead atoms. The van der Waals surface area contributed by atoms with Gasteiger partial charge in [0.05, 0.1) is 11.3 Å². The maximum atomic E-state index is 11.9. The Labute approximate surface area is 106 Å². The van der Waals surface area contributed by atoms with Gasteiger partial charge in [-0.2, -0.15) is 11.3 Å². The number of halogens is 1. The molecule has 2 rings (SSSR count). The maximum absolute atomic E-state index is 11.9. The molecule has 0 aliphatic carbocycles. The number of aromatic nitrogens is 1. The molecule has 0 spiro atoms. The van der Waals surface area contributed by atoms with Crippen LogP contribution in [-0.4, -0.2) is 10.9 Å². The van der Waals surface area contributed by atoms with Gasteiger partial charge in [0.25, 0.3) is 5.91 Å². The molecule has 0 aliphatic heterocycles. The second-order valence-electron chi connectivity index (χ2n) is 3.26. The van der Waals surface area contributed by atoms with Gasteiger partial charge in [-0.05, 0) is 45.9 Å². The van der Waals surface area contributed by atoms with Crippen molar-refractivity contribution in [3.8, 4) is 0 Å². The number of anilines is 1. The molecular formula is C11H9BrN2OS. The van der Waals surface area contributed by atoms with E-state index in [0.29, 0.717) is 15.9 Å². The van der Waals surface area contributed by atoms with Crippen molar-refractivity contribution in [1.82, 2.24) is 4.98 Å². The highest BCUT2D eigenvalue weighted by molar-refractivity contribution is 9.10. The third kappa shape index (κ3) is 2.31. The molecule has 0 saturated heterocycles. The number of rotatable bonds is 2. The number of nitrogens with zero attached hydrogens (tertiary/aromatic N) is 1. The monoisotopic (exact) mass is 296 g/mol. The fourth-order valence-corrected chi connectivity index (χ4v) is 2.44. The standard InChI is InChI=1S/C11H9BrN2OS/c1-7-5-16-6-8(7)11(15)14-9-3-2-4-13-10(9)12/h2-6H,1H3,(H,14,15). The van der Waals surface area contributed by atoms with Crippen LogP contribution in [0, 0.1) is 6.92 Å². The number of hydrogen-bond donors (Lipinski definition) is 1. The third-order valence-corrected chi connectivity index (χ3v) is 3.60. The molecule has 2 aromatic rings. The number of aryl methyl sites for hydroxylation is 1. The molecule has 2 heterocycles. The number of amides is 1. The summed E-state index contributed by atoms with van der Waals surface area (Å²) in [6.45, 7) is 1.92. The molecule has 0 unspecified atom stereocenters. The zero-order valence-electron chi connectivity index (χ0n) is 8.53. The van der Waals surface area contributed by atoms with E-state index in [4.69, 9.17) is 0 Å². The lowest BCUT2D eigenvalue weighted by molar-refractivity contribution is 0.102. The van der Waals surface area contributed by atoms with E-state index in [2.05, 4.69) is 26.2 Å². The summed E-state index contributed by atoms with van der Waals surface area (Å²) in [6.07, 6.45) is 1.66. The molecule has 0 aliphatic rings. The minimum atomic E-state index is -0.104. The molecule has 0 fully saturated rings. The summed E-state index contributed by atoms with van der Waals surface area (Å²) in [6, 6.07) is 3.58. The summed E-state index contributed by atoms with van der Waals surface area (Å²) in [5, 5.41) is 6.61. The lowest BCUT2D eigenvalue weighted by Crippen LogP contribution is -2.12. The first kappa shape index (κ1) is 11.3. The predicted octanol–water partition coefficient (Wildman–Crippen LogP) is 3.47. The van der Waals surface area contributed by atoms with Crippen LogP contribution in [0.4, 0.5) is 5.69 Å². The van der Waals surface area contributed by atoms with Gasteiger partial charge in [0.2, 0.25) is 0 Å². The average Bonchev–Trinajstić information content (AvgIpc) is 2.68. The normalized spacial score (nSPS) is 10.1. The van der Waals surface area contributed by atoms with Crippen LogP contribution in [0.5, 0.6) is 0 Å². The van der Waals surface area contributed by atoms with Crippen molar-refractivity contribution < 1.29 is 4.79 Å². The third-order valence-electron chi connectivity index (χ3n) is 2.11. The first-order valence-corrected chi connectivity index (χ1v) is 6.36. The van der Waals surface area contributed by atoms with E-state index in [1.54, 1.807) is 18.3 Å². The number of pyridine rings is 1. The fourth-order valence-electron chi connectivity index (χ4n) is 1.26. The van der Waals surface area contributed by atoms with Gasteiger partial charge in [-0.3, -0.25) is 4.79 Å². The summed E-state index contributed by atoms with van der Waals surface area (Å²) < 4.78 is 0.635. The Morgan fingerprint density at radius 2 is 2.31 bits per heavy atom. The summed E-state index contributed by atoms with van der Waals surface area (Å²) >= 11 is 4.80.